The number of fused-ring (bicyclic) bond motifs is 1. The number of ether oxygens (including phenoxy) is 2. The lowest BCUT2D eigenvalue weighted by molar-refractivity contribution is -0.255. The predicted octanol–water partition coefficient (Wildman–Crippen LogP) is 0.211. The number of carboxylic acid groups (broad SMARTS) is 1. The highest BCUT2D eigenvalue weighted by molar-refractivity contribution is 5.85. The molecule has 92 valence electrons. The highest BCUT2D eigenvalue weighted by atomic mass is 16.6. The van der Waals surface area contributed by atoms with Gasteiger partial charge < -0.3 is 19.4 Å². The Balaban J connectivity index is 1.98. The number of carbonyl (C=O) groups is 1. The third-order valence-electron chi connectivity index (χ3n) is 2.64. The fourth-order valence-corrected chi connectivity index (χ4v) is 1.78. The van der Waals surface area contributed by atoms with Crippen molar-refractivity contribution in [2.75, 3.05) is 13.2 Å². The molecule has 0 bridgehead atoms. The number of benzene rings is 1. The van der Waals surface area contributed by atoms with E-state index in [4.69, 9.17) is 9.47 Å². The highest BCUT2D eigenvalue weighted by Gasteiger charge is 2.13. The van der Waals surface area contributed by atoms with Crippen molar-refractivity contribution in [1.29, 1.82) is 0 Å². The lowest BCUT2D eigenvalue weighted by atomic mass is 10.1. The molecule has 0 saturated carbocycles. The first-order chi connectivity index (χ1) is 8.74. The number of aromatic amines is 1. The number of hydrogen-bond donors (Lipinski definition) is 1. The molecule has 6 nitrogen and oxygen atoms in total. The number of nitrogens with one attached hydrogen (secondary N) is 1. The smallest absolute Gasteiger partial charge is 0.162 e. The molecule has 1 aromatic heterocycles. The quantitative estimate of drug-likeness (QED) is 0.817. The molecular formula is C12H9N2O4-. The van der Waals surface area contributed by atoms with E-state index in [1.54, 1.807) is 18.2 Å². The van der Waals surface area contributed by atoms with Gasteiger partial charge in [0.25, 0.3) is 0 Å². The number of rotatable bonds is 2. The summed E-state index contributed by atoms with van der Waals surface area (Å²) in [5.74, 6) is 0.0312. The second-order valence-electron chi connectivity index (χ2n) is 3.81. The summed E-state index contributed by atoms with van der Waals surface area (Å²) < 4.78 is 10.8. The molecule has 0 spiro atoms. The average Bonchev–Trinajstić information content (AvgIpc) is 2.88. The predicted molar refractivity (Wildman–Crippen MR) is 59.3 cm³/mol. The number of aromatic carboxylic acids is 1. The van der Waals surface area contributed by atoms with Crippen molar-refractivity contribution in [1.82, 2.24) is 10.2 Å². The summed E-state index contributed by atoms with van der Waals surface area (Å²) in [6, 6.07) is 6.75. The Morgan fingerprint density at radius 1 is 1.22 bits per heavy atom. The molecule has 0 aliphatic carbocycles. The van der Waals surface area contributed by atoms with Crippen LogP contribution < -0.4 is 14.6 Å². The van der Waals surface area contributed by atoms with E-state index in [1.807, 2.05) is 0 Å². The number of hydrogen-bond acceptors (Lipinski definition) is 5. The Hall–Kier alpha value is -2.50. The summed E-state index contributed by atoms with van der Waals surface area (Å²) in [5.41, 5.74) is 1.22. The topological polar surface area (TPSA) is 87.3 Å². The van der Waals surface area contributed by atoms with Gasteiger partial charge in [-0.2, -0.15) is 5.10 Å². The first-order valence-electron chi connectivity index (χ1n) is 5.41. The monoisotopic (exact) mass is 245 g/mol. The van der Waals surface area contributed by atoms with Crippen LogP contribution >= 0.6 is 0 Å². The number of carboxylic acids is 1. The van der Waals surface area contributed by atoms with Crippen LogP contribution in [0, 0.1) is 0 Å². The molecule has 18 heavy (non-hydrogen) atoms. The third kappa shape index (κ3) is 1.77. The van der Waals surface area contributed by atoms with Crippen molar-refractivity contribution in [2.45, 2.75) is 0 Å². The fraction of sp³-hybridized carbons (Fsp3) is 0.167. The van der Waals surface area contributed by atoms with Crippen molar-refractivity contribution in [2.24, 2.45) is 0 Å². The maximum Gasteiger partial charge on any atom is 0.162 e. The van der Waals surface area contributed by atoms with Crippen molar-refractivity contribution >= 4 is 5.97 Å². The minimum atomic E-state index is -1.29. The summed E-state index contributed by atoms with van der Waals surface area (Å²) in [6.45, 7) is 1.03. The van der Waals surface area contributed by atoms with Gasteiger partial charge in [-0.1, -0.05) is 0 Å². The Labute approximate surface area is 102 Å². The van der Waals surface area contributed by atoms with E-state index >= 15 is 0 Å². The zero-order chi connectivity index (χ0) is 12.5. The standard InChI is InChI=1S/C12H10N2O4/c15-12(16)9-6-8(13-14-9)7-1-2-10-11(5-7)18-4-3-17-10/h1-2,5-6H,3-4H2,(H,13,14)(H,15,16)/p-1. The van der Waals surface area contributed by atoms with Crippen LogP contribution in [0.3, 0.4) is 0 Å². The maximum atomic E-state index is 10.7. The van der Waals surface area contributed by atoms with E-state index in [1.165, 1.54) is 6.07 Å². The van der Waals surface area contributed by atoms with E-state index in [2.05, 4.69) is 10.2 Å². The van der Waals surface area contributed by atoms with Crippen molar-refractivity contribution in [3.8, 4) is 22.8 Å². The fourth-order valence-electron chi connectivity index (χ4n) is 1.78. The lowest BCUT2D eigenvalue weighted by Gasteiger charge is -2.18. The Kier molecular flexibility index (Phi) is 2.40. The van der Waals surface area contributed by atoms with Crippen LogP contribution in [-0.2, 0) is 0 Å². The Bertz CT molecular complexity index is 606. The molecule has 1 N–H and O–H groups in total. The van der Waals surface area contributed by atoms with Gasteiger partial charge in [-0.3, -0.25) is 5.10 Å². The van der Waals surface area contributed by atoms with Crippen LogP contribution in [0.2, 0.25) is 0 Å². The normalized spacial score (nSPS) is 13.3. The largest absolute Gasteiger partial charge is 0.543 e. The molecule has 3 rings (SSSR count). The molecule has 0 saturated heterocycles. The highest BCUT2D eigenvalue weighted by Crippen LogP contribution is 2.33. The molecule has 1 aliphatic heterocycles. The first-order valence-corrected chi connectivity index (χ1v) is 5.41. The van der Waals surface area contributed by atoms with E-state index < -0.39 is 5.97 Å². The van der Waals surface area contributed by atoms with Gasteiger partial charge in [-0.25, -0.2) is 0 Å². The van der Waals surface area contributed by atoms with Gasteiger partial charge in [0, 0.05) is 5.56 Å². The molecule has 2 heterocycles. The van der Waals surface area contributed by atoms with Gasteiger partial charge in [0.2, 0.25) is 0 Å². The molecule has 0 atom stereocenters. The zero-order valence-corrected chi connectivity index (χ0v) is 9.30. The number of carbonyl (C=O) groups excluding carboxylic acids is 1. The van der Waals surface area contributed by atoms with E-state index in [9.17, 15) is 9.90 Å². The Morgan fingerprint density at radius 3 is 2.72 bits per heavy atom. The Morgan fingerprint density at radius 2 is 2.00 bits per heavy atom. The van der Waals surface area contributed by atoms with Gasteiger partial charge in [-0.05, 0) is 24.3 Å². The second-order valence-corrected chi connectivity index (χ2v) is 3.81. The van der Waals surface area contributed by atoms with Crippen molar-refractivity contribution in [3.63, 3.8) is 0 Å². The van der Waals surface area contributed by atoms with E-state index in [-0.39, 0.29) is 5.69 Å². The number of nitrogens with zero attached hydrogens (tertiary/aromatic N) is 1. The summed E-state index contributed by atoms with van der Waals surface area (Å²) in [4.78, 5) is 10.7. The van der Waals surface area contributed by atoms with Crippen molar-refractivity contribution in [3.05, 3.63) is 30.0 Å². The minimum Gasteiger partial charge on any atom is -0.543 e. The van der Waals surface area contributed by atoms with Crippen LogP contribution in [0.1, 0.15) is 10.5 Å². The molecule has 6 heteroatoms. The first kappa shape index (κ1) is 10.6. The molecule has 1 aliphatic rings. The molecule has 0 radical (unpaired) electrons. The van der Waals surface area contributed by atoms with Crippen LogP contribution in [0.4, 0.5) is 0 Å². The van der Waals surface area contributed by atoms with Gasteiger partial charge in [0.05, 0.1) is 17.4 Å². The molecule has 2 aromatic rings. The summed E-state index contributed by atoms with van der Waals surface area (Å²) in [5, 5.41) is 17.0. The zero-order valence-electron chi connectivity index (χ0n) is 9.30. The summed E-state index contributed by atoms with van der Waals surface area (Å²) in [6.07, 6.45) is 0. The molecule has 1 aromatic carbocycles. The van der Waals surface area contributed by atoms with Crippen LogP contribution in [-0.4, -0.2) is 29.4 Å². The number of H-pyrrole nitrogens is 1. The molecule has 0 unspecified atom stereocenters. The van der Waals surface area contributed by atoms with Crippen LogP contribution in [0.5, 0.6) is 11.5 Å². The third-order valence-corrected chi connectivity index (χ3v) is 2.64. The molecule has 0 fully saturated rings. The summed E-state index contributed by atoms with van der Waals surface area (Å²) >= 11 is 0. The van der Waals surface area contributed by atoms with Gasteiger partial charge in [0.1, 0.15) is 13.2 Å². The van der Waals surface area contributed by atoms with Crippen LogP contribution in [0.25, 0.3) is 11.3 Å². The lowest BCUT2D eigenvalue weighted by Crippen LogP contribution is -2.22. The van der Waals surface area contributed by atoms with E-state index in [0.29, 0.717) is 30.4 Å². The molecule has 0 amide bonds. The van der Waals surface area contributed by atoms with Crippen molar-refractivity contribution < 1.29 is 19.4 Å². The van der Waals surface area contributed by atoms with Gasteiger partial charge >= 0.3 is 0 Å². The van der Waals surface area contributed by atoms with Crippen LogP contribution in [0.15, 0.2) is 24.3 Å². The second kappa shape index (κ2) is 4.06. The van der Waals surface area contributed by atoms with Gasteiger partial charge in [0.15, 0.2) is 11.5 Å². The number of aromatic nitrogens is 2. The SMILES string of the molecule is O=C([O-])c1cc(-c2ccc3c(c2)OCCO3)n[nH]1. The maximum absolute atomic E-state index is 10.7. The average molecular weight is 245 g/mol. The summed E-state index contributed by atoms with van der Waals surface area (Å²) in [7, 11) is 0. The van der Waals surface area contributed by atoms with E-state index in [0.717, 1.165) is 5.56 Å². The minimum absolute atomic E-state index is 0.0557. The van der Waals surface area contributed by atoms with Gasteiger partial charge in [-0.15, -0.1) is 0 Å². The molecular weight excluding hydrogens is 236 g/mol.